The van der Waals surface area contributed by atoms with Crippen LogP contribution in [0, 0.1) is 5.92 Å². The van der Waals surface area contributed by atoms with Crippen LogP contribution in [0.15, 0.2) is 42.5 Å². The van der Waals surface area contributed by atoms with Crippen molar-refractivity contribution in [1.82, 2.24) is 9.80 Å². The maximum atomic E-state index is 13.2. The second kappa shape index (κ2) is 8.12. The lowest BCUT2D eigenvalue weighted by atomic mass is 9.88. The molecule has 2 aliphatic rings. The third-order valence-corrected chi connectivity index (χ3v) is 6.07. The van der Waals surface area contributed by atoms with Gasteiger partial charge in [-0.1, -0.05) is 55.7 Å². The van der Waals surface area contributed by atoms with E-state index in [0.29, 0.717) is 19.0 Å². The fourth-order valence-corrected chi connectivity index (χ4v) is 4.53. The van der Waals surface area contributed by atoms with Gasteiger partial charge in [0.25, 0.3) is 5.91 Å². The lowest BCUT2D eigenvalue weighted by Gasteiger charge is -2.28. The number of amides is 2. The zero-order chi connectivity index (χ0) is 18.6. The van der Waals surface area contributed by atoms with Gasteiger partial charge in [-0.3, -0.25) is 9.59 Å². The highest BCUT2D eigenvalue weighted by molar-refractivity contribution is 6.07. The molecule has 0 radical (unpaired) electrons. The average molecular weight is 364 g/mol. The monoisotopic (exact) mass is 364 g/mol. The molecule has 2 fully saturated rings. The highest BCUT2D eigenvalue weighted by Gasteiger charge is 2.28. The number of benzene rings is 2. The van der Waals surface area contributed by atoms with Crippen LogP contribution >= 0.6 is 0 Å². The van der Waals surface area contributed by atoms with E-state index in [1.54, 1.807) is 0 Å². The molecule has 2 aromatic rings. The molecule has 0 atom stereocenters. The van der Waals surface area contributed by atoms with Gasteiger partial charge in [-0.15, -0.1) is 0 Å². The Morgan fingerprint density at radius 1 is 0.741 bits per heavy atom. The Morgan fingerprint density at radius 2 is 1.44 bits per heavy atom. The Kier molecular flexibility index (Phi) is 5.42. The molecule has 1 saturated heterocycles. The Labute approximate surface area is 161 Å². The molecule has 1 heterocycles. The fourth-order valence-electron chi connectivity index (χ4n) is 4.53. The highest BCUT2D eigenvalue weighted by atomic mass is 16.2. The Balaban J connectivity index is 1.46. The van der Waals surface area contributed by atoms with Crippen molar-refractivity contribution in [3.63, 3.8) is 0 Å². The lowest BCUT2D eigenvalue weighted by Crippen LogP contribution is -2.40. The van der Waals surface area contributed by atoms with Gasteiger partial charge in [-0.25, -0.2) is 0 Å². The van der Waals surface area contributed by atoms with E-state index in [4.69, 9.17) is 0 Å². The van der Waals surface area contributed by atoms with Crippen LogP contribution in [0.2, 0.25) is 0 Å². The first-order chi connectivity index (χ1) is 13.2. The Bertz CT molecular complexity index is 821. The first kappa shape index (κ1) is 18.0. The summed E-state index contributed by atoms with van der Waals surface area (Å²) in [6.45, 7) is 2.78. The first-order valence-corrected chi connectivity index (χ1v) is 10.3. The van der Waals surface area contributed by atoms with Gasteiger partial charge in [-0.05, 0) is 36.1 Å². The summed E-state index contributed by atoms with van der Waals surface area (Å²) in [5.41, 5.74) is 0.764. The van der Waals surface area contributed by atoms with E-state index < -0.39 is 0 Å². The van der Waals surface area contributed by atoms with Crippen molar-refractivity contribution < 1.29 is 9.59 Å². The zero-order valence-corrected chi connectivity index (χ0v) is 15.9. The Morgan fingerprint density at radius 3 is 2.30 bits per heavy atom. The normalized spacial score (nSPS) is 19.1. The topological polar surface area (TPSA) is 40.6 Å². The van der Waals surface area contributed by atoms with Crippen molar-refractivity contribution in [3.8, 4) is 0 Å². The standard InChI is InChI=1S/C23H28N2O2/c26-22(19-9-2-1-3-10-19)24-14-7-15-25(17-16-24)23(27)21-13-6-11-18-8-4-5-12-20(18)21/h4-6,8,11-13,19H,1-3,7,9-10,14-17H2. The second-order valence-electron chi connectivity index (χ2n) is 7.83. The van der Waals surface area contributed by atoms with Gasteiger partial charge in [0.05, 0.1) is 0 Å². The number of carbonyl (C=O) groups excluding carboxylic acids is 2. The number of rotatable bonds is 2. The molecule has 0 N–H and O–H groups in total. The summed E-state index contributed by atoms with van der Waals surface area (Å²) in [6, 6.07) is 13.9. The van der Waals surface area contributed by atoms with E-state index in [1.165, 1.54) is 19.3 Å². The molecule has 1 saturated carbocycles. The van der Waals surface area contributed by atoms with Crippen LogP contribution in [-0.2, 0) is 4.79 Å². The number of hydrogen-bond acceptors (Lipinski definition) is 2. The van der Waals surface area contributed by atoms with Crippen LogP contribution in [0.3, 0.4) is 0 Å². The molecule has 2 amide bonds. The van der Waals surface area contributed by atoms with Crippen LogP contribution in [-0.4, -0.2) is 47.8 Å². The quantitative estimate of drug-likeness (QED) is 0.805. The van der Waals surface area contributed by atoms with Crippen molar-refractivity contribution in [2.45, 2.75) is 38.5 Å². The summed E-state index contributed by atoms with van der Waals surface area (Å²) >= 11 is 0. The van der Waals surface area contributed by atoms with Gasteiger partial charge in [0.1, 0.15) is 0 Å². The molecule has 27 heavy (non-hydrogen) atoms. The third kappa shape index (κ3) is 3.85. The van der Waals surface area contributed by atoms with Gasteiger partial charge in [0.15, 0.2) is 0 Å². The maximum Gasteiger partial charge on any atom is 0.254 e. The summed E-state index contributed by atoms with van der Waals surface area (Å²) in [4.78, 5) is 29.9. The van der Waals surface area contributed by atoms with Gasteiger partial charge in [-0.2, -0.15) is 0 Å². The summed E-state index contributed by atoms with van der Waals surface area (Å²) < 4.78 is 0. The van der Waals surface area contributed by atoms with Crippen LogP contribution in [0.4, 0.5) is 0 Å². The molecule has 0 spiro atoms. The van der Waals surface area contributed by atoms with Gasteiger partial charge >= 0.3 is 0 Å². The molecule has 142 valence electrons. The van der Waals surface area contributed by atoms with Crippen molar-refractivity contribution >= 4 is 22.6 Å². The van der Waals surface area contributed by atoms with Crippen LogP contribution in [0.25, 0.3) is 10.8 Å². The van der Waals surface area contributed by atoms with E-state index in [1.807, 2.05) is 52.3 Å². The van der Waals surface area contributed by atoms with Crippen LogP contribution < -0.4 is 0 Å². The molecule has 1 aliphatic heterocycles. The largest absolute Gasteiger partial charge is 0.341 e. The molecule has 4 heteroatoms. The van der Waals surface area contributed by atoms with E-state index in [-0.39, 0.29) is 11.8 Å². The minimum Gasteiger partial charge on any atom is -0.341 e. The van der Waals surface area contributed by atoms with Gasteiger partial charge < -0.3 is 9.80 Å². The van der Waals surface area contributed by atoms with Crippen molar-refractivity contribution in [2.24, 2.45) is 5.92 Å². The summed E-state index contributed by atoms with van der Waals surface area (Å²) in [7, 11) is 0. The van der Waals surface area contributed by atoms with Gasteiger partial charge in [0, 0.05) is 37.7 Å². The summed E-state index contributed by atoms with van der Waals surface area (Å²) in [5, 5.41) is 2.09. The fraction of sp³-hybridized carbons (Fsp3) is 0.478. The molecule has 0 bridgehead atoms. The molecule has 1 aliphatic carbocycles. The summed E-state index contributed by atoms with van der Waals surface area (Å²) in [6.07, 6.45) is 6.54. The van der Waals surface area contributed by atoms with E-state index in [9.17, 15) is 9.59 Å². The molecular formula is C23H28N2O2. The number of fused-ring (bicyclic) bond motifs is 1. The predicted molar refractivity (Wildman–Crippen MR) is 108 cm³/mol. The molecule has 4 rings (SSSR count). The molecular weight excluding hydrogens is 336 g/mol. The third-order valence-electron chi connectivity index (χ3n) is 6.07. The molecule has 2 aromatic carbocycles. The minimum absolute atomic E-state index is 0.0822. The maximum absolute atomic E-state index is 13.2. The molecule has 0 unspecified atom stereocenters. The number of hydrogen-bond donors (Lipinski definition) is 0. The zero-order valence-electron chi connectivity index (χ0n) is 15.9. The number of nitrogens with zero attached hydrogens (tertiary/aromatic N) is 2. The van der Waals surface area contributed by atoms with Gasteiger partial charge in [0.2, 0.25) is 5.91 Å². The van der Waals surface area contributed by atoms with Crippen LogP contribution in [0.5, 0.6) is 0 Å². The van der Waals surface area contributed by atoms with E-state index in [2.05, 4.69) is 0 Å². The number of carbonyl (C=O) groups is 2. The highest BCUT2D eigenvalue weighted by Crippen LogP contribution is 2.26. The second-order valence-corrected chi connectivity index (χ2v) is 7.83. The smallest absolute Gasteiger partial charge is 0.254 e. The Hall–Kier alpha value is -2.36. The van der Waals surface area contributed by atoms with Crippen molar-refractivity contribution in [3.05, 3.63) is 48.0 Å². The van der Waals surface area contributed by atoms with Crippen LogP contribution in [0.1, 0.15) is 48.9 Å². The predicted octanol–water partition coefficient (Wildman–Crippen LogP) is 4.09. The van der Waals surface area contributed by atoms with Crippen molar-refractivity contribution in [1.29, 1.82) is 0 Å². The SMILES string of the molecule is O=C(c1cccc2ccccc12)N1CCCN(C(=O)C2CCCCC2)CC1. The van der Waals surface area contributed by atoms with Crippen molar-refractivity contribution in [2.75, 3.05) is 26.2 Å². The first-order valence-electron chi connectivity index (χ1n) is 10.3. The lowest BCUT2D eigenvalue weighted by molar-refractivity contribution is -0.136. The van der Waals surface area contributed by atoms with E-state index in [0.717, 1.165) is 48.7 Å². The van der Waals surface area contributed by atoms with E-state index >= 15 is 0 Å². The average Bonchev–Trinajstić information content (AvgIpc) is 2.99. The summed E-state index contributed by atoms with van der Waals surface area (Å²) in [5.74, 6) is 0.604. The molecule has 0 aromatic heterocycles. The minimum atomic E-state index is 0.0822. The molecule has 4 nitrogen and oxygen atoms in total.